The highest BCUT2D eigenvalue weighted by Crippen LogP contribution is 2.26. The molecule has 3 heterocycles. The summed E-state index contributed by atoms with van der Waals surface area (Å²) in [5, 5.41) is 1.28. The lowest BCUT2D eigenvalue weighted by Gasteiger charge is -2.04. The molecule has 0 bridgehead atoms. The van der Waals surface area contributed by atoms with Gasteiger partial charge in [0.15, 0.2) is 0 Å². The number of benzene rings is 1. The van der Waals surface area contributed by atoms with Crippen LogP contribution in [-0.4, -0.2) is 20.9 Å². The van der Waals surface area contributed by atoms with Crippen LogP contribution < -0.4 is 4.74 Å². The number of nitrogens with one attached hydrogen (secondary N) is 1. The van der Waals surface area contributed by atoms with Gasteiger partial charge < -0.3 is 9.72 Å². The normalized spacial score (nSPS) is 11.0. The number of hydrogen-bond donors (Lipinski definition) is 1. The average Bonchev–Trinajstić information content (AvgIpc) is 3.01. The maximum absolute atomic E-state index is 12.5. The smallest absolute Gasteiger partial charge is 0.345 e. The van der Waals surface area contributed by atoms with Crippen LogP contribution in [0.1, 0.15) is 10.4 Å². The second-order valence-corrected chi connectivity index (χ2v) is 5.40. The number of carbonyl (C=O) groups excluding carboxylic acids is 1. The summed E-state index contributed by atoms with van der Waals surface area (Å²) < 4.78 is 5.41. The Balaban J connectivity index is 1.80. The molecule has 0 unspecified atom stereocenters. The number of nitrogens with zero attached hydrogens (tertiary/aromatic N) is 2. The highest BCUT2D eigenvalue weighted by molar-refractivity contribution is 6.30. The Morgan fingerprint density at radius 2 is 1.96 bits per heavy atom. The van der Waals surface area contributed by atoms with E-state index in [0.29, 0.717) is 27.2 Å². The Morgan fingerprint density at radius 3 is 2.78 bits per heavy atom. The fourth-order valence-corrected chi connectivity index (χ4v) is 2.58. The number of aromatic nitrogens is 3. The lowest BCUT2D eigenvalue weighted by molar-refractivity contribution is 0.0737. The summed E-state index contributed by atoms with van der Waals surface area (Å²) in [6.45, 7) is 0. The first kappa shape index (κ1) is 13.7. The number of H-pyrrole nitrogens is 1. The van der Waals surface area contributed by atoms with Crippen molar-refractivity contribution in [2.75, 3.05) is 0 Å². The Kier molecular flexibility index (Phi) is 3.20. The van der Waals surface area contributed by atoms with Gasteiger partial charge in [-0.25, -0.2) is 4.79 Å². The van der Waals surface area contributed by atoms with Gasteiger partial charge >= 0.3 is 5.97 Å². The lowest BCUT2D eigenvalue weighted by atomic mass is 10.1. The molecule has 4 aromatic rings. The minimum Gasteiger partial charge on any atom is -0.423 e. The molecule has 0 spiro atoms. The first-order chi connectivity index (χ1) is 11.2. The van der Waals surface area contributed by atoms with Crippen LogP contribution in [0.4, 0.5) is 0 Å². The maximum Gasteiger partial charge on any atom is 0.345 e. The molecule has 0 atom stereocenters. The lowest BCUT2D eigenvalue weighted by Crippen LogP contribution is -2.08. The highest BCUT2D eigenvalue weighted by atomic mass is 35.5. The zero-order chi connectivity index (χ0) is 15.8. The van der Waals surface area contributed by atoms with Gasteiger partial charge in [-0.1, -0.05) is 11.6 Å². The van der Waals surface area contributed by atoms with Gasteiger partial charge in [-0.2, -0.15) is 0 Å². The summed E-state index contributed by atoms with van der Waals surface area (Å²) in [5.74, 6) is -0.0307. The summed E-state index contributed by atoms with van der Waals surface area (Å²) in [7, 11) is 0. The molecule has 1 N–H and O–H groups in total. The molecule has 0 saturated carbocycles. The molecule has 4 rings (SSSR count). The van der Waals surface area contributed by atoms with Crippen molar-refractivity contribution in [3.63, 3.8) is 0 Å². The molecule has 5 nitrogen and oxygen atoms in total. The van der Waals surface area contributed by atoms with Crippen LogP contribution in [0.25, 0.3) is 21.9 Å². The molecule has 0 radical (unpaired) electrons. The van der Waals surface area contributed by atoms with Crippen molar-refractivity contribution >= 4 is 39.5 Å². The van der Waals surface area contributed by atoms with E-state index in [4.69, 9.17) is 16.3 Å². The molecule has 112 valence electrons. The summed E-state index contributed by atoms with van der Waals surface area (Å²) in [4.78, 5) is 24.2. The summed E-state index contributed by atoms with van der Waals surface area (Å²) in [6.07, 6.45) is 4.96. The quantitative estimate of drug-likeness (QED) is 0.447. The molecule has 0 aliphatic heterocycles. The number of aromatic amines is 1. The fourth-order valence-electron chi connectivity index (χ4n) is 2.45. The van der Waals surface area contributed by atoms with Gasteiger partial charge in [0.05, 0.1) is 28.3 Å². The van der Waals surface area contributed by atoms with Gasteiger partial charge in [-0.3, -0.25) is 9.97 Å². The topological polar surface area (TPSA) is 67.9 Å². The van der Waals surface area contributed by atoms with Crippen molar-refractivity contribution in [2.24, 2.45) is 0 Å². The Labute approximate surface area is 135 Å². The summed E-state index contributed by atoms with van der Waals surface area (Å²) in [5.41, 5.74) is 2.54. The number of halogens is 1. The van der Waals surface area contributed by atoms with E-state index in [1.807, 2.05) is 6.07 Å². The van der Waals surface area contributed by atoms with Crippen molar-refractivity contribution in [1.29, 1.82) is 0 Å². The van der Waals surface area contributed by atoms with E-state index < -0.39 is 5.97 Å². The second-order valence-electron chi connectivity index (χ2n) is 4.96. The maximum atomic E-state index is 12.5. The number of pyridine rings is 2. The zero-order valence-electron chi connectivity index (χ0n) is 11.8. The molecule has 3 aromatic heterocycles. The van der Waals surface area contributed by atoms with Crippen LogP contribution >= 0.6 is 11.6 Å². The zero-order valence-corrected chi connectivity index (χ0v) is 12.5. The highest BCUT2D eigenvalue weighted by Gasteiger charge is 2.17. The van der Waals surface area contributed by atoms with Gasteiger partial charge in [-0.15, -0.1) is 0 Å². The van der Waals surface area contributed by atoms with Crippen molar-refractivity contribution in [3.05, 3.63) is 65.6 Å². The number of hydrogen-bond acceptors (Lipinski definition) is 4. The van der Waals surface area contributed by atoms with Crippen LogP contribution in [0.15, 0.2) is 55.0 Å². The molecule has 0 saturated heterocycles. The Morgan fingerprint density at radius 1 is 1.13 bits per heavy atom. The van der Waals surface area contributed by atoms with Crippen molar-refractivity contribution in [2.45, 2.75) is 0 Å². The average molecular weight is 324 g/mol. The molecule has 0 aliphatic carbocycles. The third-order valence-electron chi connectivity index (χ3n) is 3.51. The third-order valence-corrected chi connectivity index (χ3v) is 3.76. The van der Waals surface area contributed by atoms with E-state index in [-0.39, 0.29) is 0 Å². The van der Waals surface area contributed by atoms with Crippen molar-refractivity contribution < 1.29 is 9.53 Å². The molecular formula is C17H10ClN3O2. The number of fused-ring (bicyclic) bond motifs is 3. The third kappa shape index (κ3) is 2.41. The molecule has 0 amide bonds. The van der Waals surface area contributed by atoms with Gasteiger partial charge in [0, 0.05) is 22.8 Å². The standard InChI is InChI=1S/C17H10ClN3O2/c18-10-3-5-11(6-4-10)23-17(22)12-8-20-14-9-21-13-2-1-7-19-16(13)15(12)14/h1-9,20H. The van der Waals surface area contributed by atoms with Gasteiger partial charge in [0.25, 0.3) is 0 Å². The molecular weight excluding hydrogens is 314 g/mol. The number of carbonyl (C=O) groups is 1. The monoisotopic (exact) mass is 323 g/mol. The van der Waals surface area contributed by atoms with Gasteiger partial charge in [0.1, 0.15) is 5.75 Å². The van der Waals surface area contributed by atoms with Crippen LogP contribution in [0, 0.1) is 0 Å². The van der Waals surface area contributed by atoms with Crippen LogP contribution in [-0.2, 0) is 0 Å². The van der Waals surface area contributed by atoms with E-state index in [1.54, 1.807) is 48.9 Å². The summed E-state index contributed by atoms with van der Waals surface area (Å²) >= 11 is 5.83. The number of esters is 1. The van der Waals surface area contributed by atoms with Crippen LogP contribution in [0.2, 0.25) is 5.02 Å². The first-order valence-electron chi connectivity index (χ1n) is 6.91. The number of rotatable bonds is 2. The molecule has 0 aliphatic rings. The van der Waals surface area contributed by atoms with Gasteiger partial charge in [0.2, 0.25) is 0 Å². The minimum atomic E-state index is -0.461. The molecule has 23 heavy (non-hydrogen) atoms. The summed E-state index contributed by atoms with van der Waals surface area (Å²) in [6, 6.07) is 10.3. The van der Waals surface area contributed by atoms with E-state index in [2.05, 4.69) is 15.0 Å². The molecule has 1 aromatic carbocycles. The fraction of sp³-hybridized carbons (Fsp3) is 0. The van der Waals surface area contributed by atoms with Crippen molar-refractivity contribution in [1.82, 2.24) is 15.0 Å². The molecule has 6 heteroatoms. The van der Waals surface area contributed by atoms with Crippen LogP contribution in [0.3, 0.4) is 0 Å². The predicted octanol–water partition coefficient (Wildman–Crippen LogP) is 3.98. The van der Waals surface area contributed by atoms with Crippen molar-refractivity contribution in [3.8, 4) is 5.75 Å². The predicted molar refractivity (Wildman–Crippen MR) is 87.8 cm³/mol. The Bertz CT molecular complexity index is 1030. The molecule has 0 fully saturated rings. The second kappa shape index (κ2) is 5.37. The minimum absolute atomic E-state index is 0.418. The van der Waals surface area contributed by atoms with Crippen LogP contribution in [0.5, 0.6) is 5.75 Å². The first-order valence-corrected chi connectivity index (χ1v) is 7.29. The number of ether oxygens (including phenoxy) is 1. The van der Waals surface area contributed by atoms with E-state index in [0.717, 1.165) is 11.0 Å². The van der Waals surface area contributed by atoms with E-state index in [1.165, 1.54) is 0 Å². The van der Waals surface area contributed by atoms with E-state index in [9.17, 15) is 4.79 Å². The largest absolute Gasteiger partial charge is 0.423 e. The Hall–Kier alpha value is -2.92. The van der Waals surface area contributed by atoms with E-state index >= 15 is 0 Å². The van der Waals surface area contributed by atoms with Gasteiger partial charge in [-0.05, 0) is 36.4 Å². The SMILES string of the molecule is O=C(Oc1ccc(Cl)cc1)c1c[nH]c2cnc3cccnc3c12.